The molecule has 0 radical (unpaired) electrons. The van der Waals surface area contributed by atoms with E-state index < -0.39 is 0 Å². The van der Waals surface area contributed by atoms with Crippen LogP contribution < -0.4 is 10.9 Å². The number of nitrogens with zero attached hydrogens (tertiary/aromatic N) is 1. The van der Waals surface area contributed by atoms with Gasteiger partial charge in [0.05, 0.1) is 6.54 Å². The van der Waals surface area contributed by atoms with E-state index in [2.05, 4.69) is 5.32 Å². The first-order valence-corrected chi connectivity index (χ1v) is 5.85. The minimum Gasteiger partial charge on any atom is -0.380 e. The second-order valence-electron chi connectivity index (χ2n) is 4.31. The van der Waals surface area contributed by atoms with Crippen molar-refractivity contribution in [1.82, 2.24) is 4.57 Å². The van der Waals surface area contributed by atoms with Gasteiger partial charge in [0.25, 0.3) is 5.56 Å². The van der Waals surface area contributed by atoms with Crippen LogP contribution in [0.25, 0.3) is 0 Å². The number of aromatic nitrogens is 1. The van der Waals surface area contributed by atoms with Crippen LogP contribution in [0.5, 0.6) is 0 Å². The Hall–Kier alpha value is -2.03. The number of nitrogens with one attached hydrogen (secondary N) is 1. The first-order valence-electron chi connectivity index (χ1n) is 5.85. The molecule has 3 heteroatoms. The van der Waals surface area contributed by atoms with Crippen LogP contribution in [-0.4, -0.2) is 11.1 Å². The predicted octanol–water partition coefficient (Wildman–Crippen LogP) is 1.86. The van der Waals surface area contributed by atoms with E-state index in [1.165, 1.54) is 0 Å². The lowest BCUT2D eigenvalue weighted by Gasteiger charge is -2.08. The van der Waals surface area contributed by atoms with Gasteiger partial charge in [-0.3, -0.25) is 4.79 Å². The number of benzene rings is 1. The molecule has 0 saturated heterocycles. The van der Waals surface area contributed by atoms with Crippen LogP contribution in [0.1, 0.15) is 11.1 Å². The van der Waals surface area contributed by atoms with Gasteiger partial charge in [-0.1, -0.05) is 30.3 Å². The van der Waals surface area contributed by atoms with Crippen LogP contribution in [-0.2, 0) is 13.0 Å². The van der Waals surface area contributed by atoms with E-state index in [1.54, 1.807) is 4.57 Å². The Labute approximate surface area is 99.7 Å². The van der Waals surface area contributed by atoms with Crippen molar-refractivity contribution in [2.45, 2.75) is 13.0 Å². The molecule has 3 nitrogen and oxygen atoms in total. The molecule has 1 aliphatic rings. The van der Waals surface area contributed by atoms with Crippen LogP contribution in [0.3, 0.4) is 0 Å². The SMILES string of the molecule is O=c1c2c(ccn1Cc1ccccc1)CCN2. The molecule has 0 spiro atoms. The highest BCUT2D eigenvalue weighted by molar-refractivity contribution is 5.53. The lowest BCUT2D eigenvalue weighted by molar-refractivity contribution is 0.760. The molecule has 86 valence electrons. The maximum absolute atomic E-state index is 12.2. The third-order valence-corrected chi connectivity index (χ3v) is 3.14. The van der Waals surface area contributed by atoms with Crippen molar-refractivity contribution >= 4 is 5.69 Å². The zero-order chi connectivity index (χ0) is 11.7. The van der Waals surface area contributed by atoms with Crippen molar-refractivity contribution in [3.05, 3.63) is 64.1 Å². The molecule has 0 unspecified atom stereocenters. The minimum absolute atomic E-state index is 0.0869. The molecule has 17 heavy (non-hydrogen) atoms. The number of pyridine rings is 1. The summed E-state index contributed by atoms with van der Waals surface area (Å²) in [6.07, 6.45) is 2.85. The molecule has 0 saturated carbocycles. The zero-order valence-electron chi connectivity index (χ0n) is 9.52. The first kappa shape index (κ1) is 10.1. The highest BCUT2D eigenvalue weighted by atomic mass is 16.1. The van der Waals surface area contributed by atoms with Crippen LogP contribution in [0, 0.1) is 0 Å². The molecule has 0 fully saturated rings. The van der Waals surface area contributed by atoms with E-state index in [0.29, 0.717) is 6.54 Å². The molecule has 0 bridgehead atoms. The molecule has 1 aromatic carbocycles. The molecule has 0 atom stereocenters. The summed E-state index contributed by atoms with van der Waals surface area (Å²) in [4.78, 5) is 12.2. The number of hydrogen-bond acceptors (Lipinski definition) is 2. The smallest absolute Gasteiger partial charge is 0.274 e. The second-order valence-corrected chi connectivity index (χ2v) is 4.31. The Morgan fingerprint density at radius 1 is 1.18 bits per heavy atom. The highest BCUT2D eigenvalue weighted by Crippen LogP contribution is 2.16. The summed E-state index contributed by atoms with van der Waals surface area (Å²) >= 11 is 0. The number of rotatable bonds is 2. The molecule has 0 amide bonds. The highest BCUT2D eigenvalue weighted by Gasteiger charge is 2.14. The minimum atomic E-state index is 0.0869. The molecule has 1 aromatic heterocycles. The topological polar surface area (TPSA) is 34.0 Å². The summed E-state index contributed by atoms with van der Waals surface area (Å²) in [5, 5.41) is 3.16. The van der Waals surface area contributed by atoms with Crippen molar-refractivity contribution in [1.29, 1.82) is 0 Å². The molecule has 2 heterocycles. The fraction of sp³-hybridized carbons (Fsp3) is 0.214. The van der Waals surface area contributed by atoms with Gasteiger partial charge < -0.3 is 9.88 Å². The Morgan fingerprint density at radius 2 is 2.00 bits per heavy atom. The second kappa shape index (κ2) is 4.09. The molecular formula is C14H14N2O. The van der Waals surface area contributed by atoms with Gasteiger partial charge in [0.1, 0.15) is 5.69 Å². The lowest BCUT2D eigenvalue weighted by atomic mass is 10.2. The van der Waals surface area contributed by atoms with E-state index in [-0.39, 0.29) is 5.56 Å². The lowest BCUT2D eigenvalue weighted by Crippen LogP contribution is -2.22. The Bertz CT molecular complexity index is 587. The summed E-state index contributed by atoms with van der Waals surface area (Å²) in [6, 6.07) is 12.1. The van der Waals surface area contributed by atoms with Crippen LogP contribution >= 0.6 is 0 Å². The van der Waals surface area contributed by atoms with Gasteiger partial charge in [0.15, 0.2) is 0 Å². The molecule has 3 rings (SSSR count). The Kier molecular flexibility index (Phi) is 2.44. The number of anilines is 1. The van der Waals surface area contributed by atoms with Gasteiger partial charge in [-0.25, -0.2) is 0 Å². The summed E-state index contributed by atoms with van der Waals surface area (Å²) in [7, 11) is 0. The molecule has 1 aliphatic heterocycles. The van der Waals surface area contributed by atoms with Gasteiger partial charge in [-0.2, -0.15) is 0 Å². The monoisotopic (exact) mass is 226 g/mol. The fourth-order valence-electron chi connectivity index (χ4n) is 2.24. The summed E-state index contributed by atoms with van der Waals surface area (Å²) in [6.45, 7) is 1.51. The van der Waals surface area contributed by atoms with E-state index in [1.807, 2.05) is 42.6 Å². The Balaban J connectivity index is 1.98. The normalized spacial score (nSPS) is 13.2. The van der Waals surface area contributed by atoms with Crippen LogP contribution in [0.2, 0.25) is 0 Å². The van der Waals surface area contributed by atoms with Crippen molar-refractivity contribution in [2.24, 2.45) is 0 Å². The predicted molar refractivity (Wildman–Crippen MR) is 68.4 cm³/mol. The summed E-state index contributed by atoms with van der Waals surface area (Å²) in [5.74, 6) is 0. The van der Waals surface area contributed by atoms with E-state index >= 15 is 0 Å². The summed E-state index contributed by atoms with van der Waals surface area (Å²) in [5.41, 5.74) is 3.15. The summed E-state index contributed by atoms with van der Waals surface area (Å²) < 4.78 is 1.76. The van der Waals surface area contributed by atoms with Crippen molar-refractivity contribution in [3.8, 4) is 0 Å². The van der Waals surface area contributed by atoms with Crippen molar-refractivity contribution in [3.63, 3.8) is 0 Å². The van der Waals surface area contributed by atoms with Gasteiger partial charge in [0.2, 0.25) is 0 Å². The van der Waals surface area contributed by atoms with Gasteiger partial charge >= 0.3 is 0 Å². The first-order chi connectivity index (χ1) is 8.34. The fourth-order valence-corrected chi connectivity index (χ4v) is 2.24. The van der Waals surface area contributed by atoms with Gasteiger partial charge in [-0.15, -0.1) is 0 Å². The maximum Gasteiger partial charge on any atom is 0.274 e. The Morgan fingerprint density at radius 3 is 2.82 bits per heavy atom. The molecule has 1 N–H and O–H groups in total. The average molecular weight is 226 g/mol. The standard InChI is InChI=1S/C14H14N2O/c17-14-13-12(6-8-15-13)7-9-16(14)10-11-4-2-1-3-5-11/h1-5,7,9,15H,6,8,10H2. The average Bonchev–Trinajstić information content (AvgIpc) is 2.83. The largest absolute Gasteiger partial charge is 0.380 e. The third-order valence-electron chi connectivity index (χ3n) is 3.14. The maximum atomic E-state index is 12.2. The van der Waals surface area contributed by atoms with Crippen LogP contribution in [0.15, 0.2) is 47.4 Å². The van der Waals surface area contributed by atoms with Gasteiger partial charge in [-0.05, 0) is 23.6 Å². The van der Waals surface area contributed by atoms with Crippen molar-refractivity contribution in [2.75, 3.05) is 11.9 Å². The molecule has 0 aliphatic carbocycles. The quantitative estimate of drug-likeness (QED) is 0.848. The van der Waals surface area contributed by atoms with Crippen molar-refractivity contribution < 1.29 is 0 Å². The molecule has 2 aromatic rings. The van der Waals surface area contributed by atoms with Gasteiger partial charge in [0, 0.05) is 12.7 Å². The van der Waals surface area contributed by atoms with E-state index in [0.717, 1.165) is 29.8 Å². The zero-order valence-corrected chi connectivity index (χ0v) is 9.52. The number of fused-ring (bicyclic) bond motifs is 1. The number of hydrogen-bond donors (Lipinski definition) is 1. The molecular weight excluding hydrogens is 212 g/mol. The van der Waals surface area contributed by atoms with E-state index in [4.69, 9.17) is 0 Å². The van der Waals surface area contributed by atoms with E-state index in [9.17, 15) is 4.79 Å². The van der Waals surface area contributed by atoms with Crippen LogP contribution in [0.4, 0.5) is 5.69 Å². The third kappa shape index (κ3) is 1.84.